The standard InChI is InChI=1S/C21H25N3O2S/c1-13(2)23-24-20(26)18-16-7-5-4-6-8-17(16)27-21(18)22-19(25)15-11-9-14(3)10-12-15/h9-12H,4-8H2,1-3H3,(H,22,25)(H,24,26). The minimum Gasteiger partial charge on any atom is -0.313 e. The Morgan fingerprint density at radius 1 is 1.00 bits per heavy atom. The van der Waals surface area contributed by atoms with Crippen molar-refractivity contribution in [1.29, 1.82) is 0 Å². The van der Waals surface area contributed by atoms with E-state index >= 15 is 0 Å². The van der Waals surface area contributed by atoms with Crippen LogP contribution < -0.4 is 10.7 Å². The summed E-state index contributed by atoms with van der Waals surface area (Å²) in [5, 5.41) is 7.63. The van der Waals surface area contributed by atoms with Crippen LogP contribution >= 0.6 is 11.3 Å². The molecule has 1 aliphatic carbocycles. The van der Waals surface area contributed by atoms with Crippen molar-refractivity contribution in [3.63, 3.8) is 0 Å². The number of amides is 2. The lowest BCUT2D eigenvalue weighted by Gasteiger charge is -2.08. The van der Waals surface area contributed by atoms with Gasteiger partial charge in [0.15, 0.2) is 0 Å². The Balaban J connectivity index is 1.93. The highest BCUT2D eigenvalue weighted by molar-refractivity contribution is 7.17. The predicted molar refractivity (Wildman–Crippen MR) is 111 cm³/mol. The maximum atomic E-state index is 12.8. The Morgan fingerprint density at radius 2 is 1.70 bits per heavy atom. The Hall–Kier alpha value is -2.47. The van der Waals surface area contributed by atoms with E-state index in [0.29, 0.717) is 16.1 Å². The van der Waals surface area contributed by atoms with Gasteiger partial charge in [0.1, 0.15) is 5.00 Å². The zero-order valence-corrected chi connectivity index (χ0v) is 16.8. The normalized spacial score (nSPS) is 13.3. The second-order valence-electron chi connectivity index (χ2n) is 7.09. The highest BCUT2D eigenvalue weighted by Gasteiger charge is 2.25. The number of nitrogens with zero attached hydrogens (tertiary/aromatic N) is 1. The molecule has 2 aromatic rings. The van der Waals surface area contributed by atoms with E-state index < -0.39 is 0 Å². The molecule has 3 rings (SSSR count). The number of anilines is 1. The van der Waals surface area contributed by atoms with Gasteiger partial charge in [0.2, 0.25) is 0 Å². The van der Waals surface area contributed by atoms with E-state index in [0.717, 1.165) is 42.5 Å². The van der Waals surface area contributed by atoms with Crippen molar-refractivity contribution < 1.29 is 9.59 Å². The number of rotatable bonds is 4. The summed E-state index contributed by atoms with van der Waals surface area (Å²) in [6.45, 7) is 5.64. The molecule has 0 radical (unpaired) electrons. The molecule has 0 saturated carbocycles. The number of thiophene rings is 1. The van der Waals surface area contributed by atoms with Crippen LogP contribution in [-0.4, -0.2) is 17.5 Å². The average molecular weight is 384 g/mol. The first-order valence-corrected chi connectivity index (χ1v) is 10.1. The number of hydrogen-bond donors (Lipinski definition) is 2. The van der Waals surface area contributed by atoms with Crippen LogP contribution in [0.5, 0.6) is 0 Å². The van der Waals surface area contributed by atoms with E-state index in [9.17, 15) is 9.59 Å². The van der Waals surface area contributed by atoms with Crippen LogP contribution in [0.3, 0.4) is 0 Å². The van der Waals surface area contributed by atoms with Crippen molar-refractivity contribution in [2.24, 2.45) is 5.10 Å². The quantitative estimate of drug-likeness (QED) is 0.456. The molecule has 1 heterocycles. The van der Waals surface area contributed by atoms with E-state index in [1.807, 2.05) is 32.9 Å². The fourth-order valence-electron chi connectivity index (χ4n) is 3.17. The SMILES string of the molecule is CC(C)=NNC(=O)c1c(NC(=O)c2ccc(C)cc2)sc2c1CCCCC2. The number of fused-ring (bicyclic) bond motifs is 1. The molecule has 1 aromatic heterocycles. The van der Waals surface area contributed by atoms with Crippen LogP contribution in [0, 0.1) is 6.92 Å². The number of hydrazone groups is 1. The maximum Gasteiger partial charge on any atom is 0.274 e. The van der Waals surface area contributed by atoms with Gasteiger partial charge in [0.25, 0.3) is 11.8 Å². The summed E-state index contributed by atoms with van der Waals surface area (Å²) >= 11 is 1.52. The summed E-state index contributed by atoms with van der Waals surface area (Å²) in [4.78, 5) is 26.7. The van der Waals surface area contributed by atoms with E-state index in [4.69, 9.17) is 0 Å². The van der Waals surface area contributed by atoms with Crippen molar-refractivity contribution in [2.45, 2.75) is 52.9 Å². The lowest BCUT2D eigenvalue weighted by molar-refractivity contribution is 0.0955. The molecule has 142 valence electrons. The van der Waals surface area contributed by atoms with Crippen LogP contribution in [0.1, 0.15) is 69.8 Å². The van der Waals surface area contributed by atoms with Gasteiger partial charge >= 0.3 is 0 Å². The summed E-state index contributed by atoms with van der Waals surface area (Å²) in [6, 6.07) is 7.41. The van der Waals surface area contributed by atoms with Gasteiger partial charge in [-0.15, -0.1) is 11.3 Å². The molecule has 0 aliphatic heterocycles. The smallest absolute Gasteiger partial charge is 0.274 e. The second kappa shape index (κ2) is 8.48. The van der Waals surface area contributed by atoms with Crippen LogP contribution in [0.4, 0.5) is 5.00 Å². The molecule has 5 nitrogen and oxygen atoms in total. The number of benzene rings is 1. The molecule has 0 spiro atoms. The number of carbonyl (C=O) groups excluding carboxylic acids is 2. The Morgan fingerprint density at radius 3 is 2.41 bits per heavy atom. The van der Waals surface area contributed by atoms with Gasteiger partial charge in [0.05, 0.1) is 5.56 Å². The van der Waals surface area contributed by atoms with Crippen LogP contribution in [0.15, 0.2) is 29.4 Å². The monoisotopic (exact) mass is 383 g/mol. The lowest BCUT2D eigenvalue weighted by atomic mass is 10.0. The van der Waals surface area contributed by atoms with E-state index in [1.54, 1.807) is 12.1 Å². The molecule has 2 N–H and O–H groups in total. The van der Waals surface area contributed by atoms with Crippen LogP contribution in [-0.2, 0) is 12.8 Å². The van der Waals surface area contributed by atoms with Gasteiger partial charge in [-0.3, -0.25) is 9.59 Å². The Labute approximate surface area is 163 Å². The fourth-order valence-corrected chi connectivity index (χ4v) is 4.45. The Kier molecular flexibility index (Phi) is 6.06. The minimum atomic E-state index is -0.255. The van der Waals surface area contributed by atoms with Crippen molar-refractivity contribution in [1.82, 2.24) is 5.43 Å². The van der Waals surface area contributed by atoms with Crippen molar-refractivity contribution >= 4 is 33.9 Å². The second-order valence-corrected chi connectivity index (χ2v) is 8.19. The molecule has 0 unspecified atom stereocenters. The average Bonchev–Trinajstić information content (AvgIpc) is 2.81. The summed E-state index contributed by atoms with van der Waals surface area (Å²) in [6.07, 6.45) is 5.16. The summed E-state index contributed by atoms with van der Waals surface area (Å²) in [5.41, 5.74) is 6.71. The molecule has 0 atom stereocenters. The van der Waals surface area contributed by atoms with Gasteiger partial charge in [-0.1, -0.05) is 24.1 Å². The third kappa shape index (κ3) is 4.63. The number of carbonyl (C=O) groups is 2. The molecular formula is C21H25N3O2S. The van der Waals surface area contributed by atoms with Gasteiger partial charge in [-0.05, 0) is 64.2 Å². The van der Waals surface area contributed by atoms with Gasteiger partial charge in [0, 0.05) is 16.2 Å². The minimum absolute atomic E-state index is 0.198. The molecule has 1 aromatic carbocycles. The fraction of sp³-hybridized carbons (Fsp3) is 0.381. The highest BCUT2D eigenvalue weighted by atomic mass is 32.1. The third-order valence-corrected chi connectivity index (χ3v) is 5.78. The topological polar surface area (TPSA) is 70.6 Å². The number of nitrogens with one attached hydrogen (secondary N) is 2. The maximum absolute atomic E-state index is 12.8. The first-order valence-electron chi connectivity index (χ1n) is 9.29. The largest absolute Gasteiger partial charge is 0.313 e. The Bertz CT molecular complexity index is 878. The molecule has 1 aliphatic rings. The number of hydrogen-bond acceptors (Lipinski definition) is 4. The lowest BCUT2D eigenvalue weighted by Crippen LogP contribution is -2.22. The molecule has 6 heteroatoms. The van der Waals surface area contributed by atoms with E-state index in [-0.39, 0.29) is 11.8 Å². The van der Waals surface area contributed by atoms with Gasteiger partial charge in [-0.25, -0.2) is 5.43 Å². The van der Waals surface area contributed by atoms with E-state index in [1.165, 1.54) is 22.6 Å². The molecule has 0 fully saturated rings. The number of aryl methyl sites for hydroxylation is 2. The van der Waals surface area contributed by atoms with Gasteiger partial charge < -0.3 is 5.32 Å². The van der Waals surface area contributed by atoms with Crippen molar-refractivity contribution in [2.75, 3.05) is 5.32 Å². The molecule has 2 amide bonds. The first kappa shape index (κ1) is 19.3. The molecule has 0 bridgehead atoms. The van der Waals surface area contributed by atoms with E-state index in [2.05, 4.69) is 15.8 Å². The third-order valence-electron chi connectivity index (χ3n) is 4.57. The zero-order chi connectivity index (χ0) is 19.4. The first-order chi connectivity index (χ1) is 13.0. The van der Waals surface area contributed by atoms with Gasteiger partial charge in [-0.2, -0.15) is 5.10 Å². The van der Waals surface area contributed by atoms with Crippen LogP contribution in [0.2, 0.25) is 0 Å². The zero-order valence-electron chi connectivity index (χ0n) is 16.0. The summed E-state index contributed by atoms with van der Waals surface area (Å²) < 4.78 is 0. The summed E-state index contributed by atoms with van der Waals surface area (Å²) in [5.74, 6) is -0.453. The highest BCUT2D eigenvalue weighted by Crippen LogP contribution is 2.37. The van der Waals surface area contributed by atoms with Crippen molar-refractivity contribution in [3.05, 3.63) is 51.4 Å². The van der Waals surface area contributed by atoms with Crippen molar-refractivity contribution in [3.8, 4) is 0 Å². The van der Waals surface area contributed by atoms with Crippen LogP contribution in [0.25, 0.3) is 0 Å². The molecule has 0 saturated heterocycles. The predicted octanol–water partition coefficient (Wildman–Crippen LogP) is 4.70. The molecule has 27 heavy (non-hydrogen) atoms. The molecular weight excluding hydrogens is 358 g/mol. The summed E-state index contributed by atoms with van der Waals surface area (Å²) in [7, 11) is 0.